The predicted octanol–water partition coefficient (Wildman–Crippen LogP) is 7.38. The fraction of sp³-hybridized carbons (Fsp3) is 0.250. The Hall–Kier alpha value is -4.95. The van der Waals surface area contributed by atoms with Crippen LogP contribution < -0.4 is 18.9 Å². The number of nitrogens with zero attached hydrogens (tertiary/aromatic N) is 3. The van der Waals surface area contributed by atoms with Crippen LogP contribution in [-0.2, 0) is 26.2 Å². The molecule has 4 aromatic carbocycles. The van der Waals surface area contributed by atoms with E-state index in [0.29, 0.717) is 19.6 Å². The average Bonchev–Trinajstić information content (AvgIpc) is 3.79. The topological polar surface area (TPSA) is 78.2 Å². The van der Waals surface area contributed by atoms with Crippen molar-refractivity contribution in [2.45, 2.75) is 45.9 Å². The number of phenols is 1. The fourth-order valence-corrected chi connectivity index (χ4v) is 5.87. The Labute approximate surface area is 257 Å². The first-order valence-electron chi connectivity index (χ1n) is 15.1. The molecule has 44 heavy (non-hydrogen) atoms. The summed E-state index contributed by atoms with van der Waals surface area (Å²) in [5.74, 6) is 4.07. The highest BCUT2D eigenvalue weighted by molar-refractivity contribution is 5.71. The van der Waals surface area contributed by atoms with E-state index < -0.39 is 0 Å². The van der Waals surface area contributed by atoms with E-state index in [0.717, 1.165) is 81.9 Å². The molecule has 0 radical (unpaired) electrons. The molecular weight excluding hydrogens is 554 g/mol. The minimum atomic E-state index is 0.221. The summed E-state index contributed by atoms with van der Waals surface area (Å²) in [5, 5.41) is 10.9. The van der Waals surface area contributed by atoms with Crippen molar-refractivity contribution in [2.75, 3.05) is 13.6 Å². The Balaban J connectivity index is 1.32. The molecule has 0 saturated heterocycles. The van der Waals surface area contributed by atoms with Crippen LogP contribution in [0, 0.1) is 0 Å². The Morgan fingerprint density at radius 2 is 1.34 bits per heavy atom. The van der Waals surface area contributed by atoms with Crippen molar-refractivity contribution in [1.82, 2.24) is 14.5 Å². The Morgan fingerprint density at radius 1 is 0.727 bits per heavy atom. The molecule has 0 fully saturated rings. The van der Waals surface area contributed by atoms with Crippen LogP contribution in [0.2, 0.25) is 0 Å². The van der Waals surface area contributed by atoms with E-state index in [1.807, 2.05) is 48.5 Å². The molecule has 0 unspecified atom stereocenters. The quantitative estimate of drug-likeness (QED) is 0.172. The standard InChI is InChI=1S/C36H35N3O5/c1-2-3-17-39-29(35(27-9-5-4-6-10-27)37-36(39)28-11-7-8-12-30(28)40)22-38(20-25-13-15-31-33(18-25)43-23-41-31)21-26-14-16-32-34(19-26)44-24-42-32/h4-16,18-19,40H,2-3,17,20-24H2,1H3. The van der Waals surface area contributed by atoms with Crippen LogP contribution in [0.15, 0.2) is 91.0 Å². The summed E-state index contributed by atoms with van der Waals surface area (Å²) in [4.78, 5) is 7.64. The van der Waals surface area contributed by atoms with E-state index >= 15 is 0 Å². The number of aromatic nitrogens is 2. The van der Waals surface area contributed by atoms with Gasteiger partial charge in [-0.05, 0) is 53.9 Å². The molecule has 7 rings (SSSR count). The highest BCUT2D eigenvalue weighted by atomic mass is 16.7. The molecule has 1 aromatic heterocycles. The Morgan fingerprint density at radius 3 is 1.98 bits per heavy atom. The molecule has 0 aliphatic carbocycles. The van der Waals surface area contributed by atoms with Crippen molar-refractivity contribution in [3.63, 3.8) is 0 Å². The monoisotopic (exact) mass is 589 g/mol. The number of unbranched alkanes of at least 4 members (excludes halogenated alkanes) is 1. The van der Waals surface area contributed by atoms with Gasteiger partial charge in [0.2, 0.25) is 13.6 Å². The maximum atomic E-state index is 10.9. The van der Waals surface area contributed by atoms with Gasteiger partial charge in [0.15, 0.2) is 23.0 Å². The van der Waals surface area contributed by atoms with Gasteiger partial charge in [0, 0.05) is 31.7 Å². The van der Waals surface area contributed by atoms with Crippen LogP contribution in [-0.4, -0.2) is 33.1 Å². The van der Waals surface area contributed by atoms with E-state index in [1.165, 1.54) is 0 Å². The van der Waals surface area contributed by atoms with Crippen molar-refractivity contribution in [3.05, 3.63) is 108 Å². The second-order valence-corrected chi connectivity index (χ2v) is 11.1. The molecular formula is C36H35N3O5. The van der Waals surface area contributed by atoms with Gasteiger partial charge in [-0.1, -0.05) is 67.9 Å². The molecule has 1 N–H and O–H groups in total. The summed E-state index contributed by atoms with van der Waals surface area (Å²) < 4.78 is 24.8. The van der Waals surface area contributed by atoms with Crippen molar-refractivity contribution in [3.8, 4) is 51.4 Å². The predicted molar refractivity (Wildman–Crippen MR) is 168 cm³/mol. The van der Waals surface area contributed by atoms with E-state index in [9.17, 15) is 5.11 Å². The lowest BCUT2D eigenvalue weighted by atomic mass is 10.1. The summed E-state index contributed by atoms with van der Waals surface area (Å²) in [5.41, 5.74) is 6.03. The van der Waals surface area contributed by atoms with Crippen LogP contribution in [0.5, 0.6) is 28.7 Å². The number of hydrogen-bond donors (Lipinski definition) is 1. The van der Waals surface area contributed by atoms with E-state index in [4.69, 9.17) is 23.9 Å². The van der Waals surface area contributed by atoms with E-state index in [1.54, 1.807) is 6.07 Å². The highest BCUT2D eigenvalue weighted by Gasteiger charge is 2.24. The summed E-state index contributed by atoms with van der Waals surface area (Å²) in [6.45, 7) is 5.43. The highest BCUT2D eigenvalue weighted by Crippen LogP contribution is 2.37. The second kappa shape index (κ2) is 12.3. The van der Waals surface area contributed by atoms with Crippen LogP contribution >= 0.6 is 0 Å². The number of benzene rings is 4. The first-order chi connectivity index (χ1) is 21.7. The van der Waals surface area contributed by atoms with Gasteiger partial charge in [-0.25, -0.2) is 4.98 Å². The number of hydrogen-bond acceptors (Lipinski definition) is 7. The minimum absolute atomic E-state index is 0.221. The first kappa shape index (κ1) is 27.9. The molecule has 0 saturated carbocycles. The molecule has 0 bridgehead atoms. The average molecular weight is 590 g/mol. The van der Waals surface area contributed by atoms with Crippen LogP contribution in [0.25, 0.3) is 22.6 Å². The number of rotatable bonds is 11. The van der Waals surface area contributed by atoms with Gasteiger partial charge in [-0.2, -0.15) is 0 Å². The van der Waals surface area contributed by atoms with Gasteiger partial charge in [0.05, 0.1) is 17.0 Å². The minimum Gasteiger partial charge on any atom is -0.507 e. The number of aromatic hydroxyl groups is 1. The van der Waals surface area contributed by atoms with Gasteiger partial charge < -0.3 is 28.6 Å². The molecule has 2 aliphatic heterocycles. The maximum absolute atomic E-state index is 10.9. The van der Waals surface area contributed by atoms with Crippen molar-refractivity contribution in [1.29, 1.82) is 0 Å². The third-order valence-electron chi connectivity index (χ3n) is 8.06. The van der Waals surface area contributed by atoms with Crippen molar-refractivity contribution in [2.24, 2.45) is 0 Å². The van der Waals surface area contributed by atoms with Crippen molar-refractivity contribution >= 4 is 0 Å². The summed E-state index contributed by atoms with van der Waals surface area (Å²) in [7, 11) is 0. The molecule has 8 nitrogen and oxygen atoms in total. The molecule has 0 atom stereocenters. The van der Waals surface area contributed by atoms with Crippen LogP contribution in [0.4, 0.5) is 0 Å². The lowest BCUT2D eigenvalue weighted by Crippen LogP contribution is -2.24. The molecule has 2 aliphatic rings. The smallest absolute Gasteiger partial charge is 0.231 e. The zero-order valence-electron chi connectivity index (χ0n) is 24.7. The Bertz CT molecular complexity index is 1710. The first-order valence-corrected chi connectivity index (χ1v) is 15.1. The number of fused-ring (bicyclic) bond motifs is 2. The fourth-order valence-electron chi connectivity index (χ4n) is 5.87. The van der Waals surface area contributed by atoms with Gasteiger partial charge in [0.25, 0.3) is 0 Å². The molecule has 0 amide bonds. The molecule has 3 heterocycles. The molecule has 0 spiro atoms. The lowest BCUT2D eigenvalue weighted by Gasteiger charge is -2.25. The third kappa shape index (κ3) is 5.68. The number of ether oxygens (including phenoxy) is 4. The number of para-hydroxylation sites is 1. The lowest BCUT2D eigenvalue weighted by molar-refractivity contribution is 0.173. The zero-order chi connectivity index (χ0) is 29.9. The third-order valence-corrected chi connectivity index (χ3v) is 8.06. The normalized spacial score (nSPS) is 13.1. The zero-order valence-corrected chi connectivity index (χ0v) is 24.7. The van der Waals surface area contributed by atoms with E-state index in [2.05, 4.69) is 52.8 Å². The second-order valence-electron chi connectivity index (χ2n) is 11.1. The van der Waals surface area contributed by atoms with Gasteiger partial charge >= 0.3 is 0 Å². The summed E-state index contributed by atoms with van der Waals surface area (Å²) in [6, 6.07) is 30.0. The Kier molecular flexibility index (Phi) is 7.81. The van der Waals surface area contributed by atoms with Crippen molar-refractivity contribution < 1.29 is 24.1 Å². The van der Waals surface area contributed by atoms with Gasteiger partial charge in [-0.3, -0.25) is 4.90 Å². The summed E-state index contributed by atoms with van der Waals surface area (Å²) >= 11 is 0. The SMILES string of the molecule is CCCCn1c(-c2ccccc2O)nc(-c2ccccc2)c1CN(Cc1ccc2c(c1)OCO2)Cc1ccc2c(c1)OCO2. The van der Waals surface area contributed by atoms with E-state index in [-0.39, 0.29) is 19.3 Å². The van der Waals surface area contributed by atoms with Crippen LogP contribution in [0.3, 0.4) is 0 Å². The van der Waals surface area contributed by atoms with Gasteiger partial charge in [0.1, 0.15) is 11.6 Å². The van der Waals surface area contributed by atoms with Crippen LogP contribution in [0.1, 0.15) is 36.6 Å². The molecule has 224 valence electrons. The summed E-state index contributed by atoms with van der Waals surface area (Å²) in [6.07, 6.45) is 2.03. The number of imidazole rings is 1. The number of phenolic OH excluding ortho intramolecular Hbond substituents is 1. The molecule has 5 aromatic rings. The largest absolute Gasteiger partial charge is 0.507 e. The maximum Gasteiger partial charge on any atom is 0.231 e. The van der Waals surface area contributed by atoms with Gasteiger partial charge in [-0.15, -0.1) is 0 Å². The molecule has 8 heteroatoms.